The number of rotatable bonds is 4. The molecule has 0 aliphatic rings. The highest BCUT2D eigenvalue weighted by Gasteiger charge is 2.20. The molecule has 0 spiro atoms. The summed E-state index contributed by atoms with van der Waals surface area (Å²) in [7, 11) is 0. The van der Waals surface area contributed by atoms with Crippen molar-refractivity contribution in [2.75, 3.05) is 0 Å². The molecule has 0 bridgehead atoms. The Morgan fingerprint density at radius 3 is 2.68 bits per heavy atom. The number of thiophene rings is 1. The van der Waals surface area contributed by atoms with Crippen LogP contribution in [0.15, 0.2) is 64.2 Å². The van der Waals surface area contributed by atoms with Gasteiger partial charge in [-0.25, -0.2) is 4.98 Å². The van der Waals surface area contributed by atoms with Crippen molar-refractivity contribution in [1.29, 1.82) is 0 Å². The smallest absolute Gasteiger partial charge is 0.268 e. The highest BCUT2D eigenvalue weighted by atomic mass is 35.5. The zero-order chi connectivity index (χ0) is 21.5. The second-order valence-electron chi connectivity index (χ2n) is 6.97. The Morgan fingerprint density at radius 1 is 1.10 bits per heavy atom. The minimum Gasteiger partial charge on any atom is -0.333 e. The van der Waals surface area contributed by atoms with Crippen LogP contribution >= 0.6 is 34.5 Å². The minimum absolute atomic E-state index is 0.123. The quantitative estimate of drug-likeness (QED) is 0.331. The van der Waals surface area contributed by atoms with Crippen LogP contribution < -0.4 is 5.56 Å². The first-order valence-electron chi connectivity index (χ1n) is 9.32. The van der Waals surface area contributed by atoms with Crippen molar-refractivity contribution in [2.45, 2.75) is 13.5 Å². The van der Waals surface area contributed by atoms with Crippen LogP contribution in [0, 0.1) is 6.92 Å². The zero-order valence-corrected chi connectivity index (χ0v) is 18.5. The lowest BCUT2D eigenvalue weighted by Gasteiger charge is -2.06. The molecule has 0 N–H and O–H groups in total. The Balaban J connectivity index is 1.54. The first kappa shape index (κ1) is 19.9. The Hall–Kier alpha value is -3.00. The third-order valence-electron chi connectivity index (χ3n) is 4.88. The predicted octanol–water partition coefficient (Wildman–Crippen LogP) is 5.84. The summed E-state index contributed by atoms with van der Waals surface area (Å²) in [5, 5.41) is 5.88. The van der Waals surface area contributed by atoms with Crippen LogP contribution in [0.4, 0.5) is 0 Å². The molecule has 0 aliphatic heterocycles. The van der Waals surface area contributed by atoms with E-state index in [4.69, 9.17) is 27.7 Å². The van der Waals surface area contributed by atoms with Crippen LogP contribution in [0.1, 0.15) is 11.1 Å². The van der Waals surface area contributed by atoms with E-state index in [9.17, 15) is 4.79 Å². The van der Waals surface area contributed by atoms with Gasteiger partial charge in [0.2, 0.25) is 5.82 Å². The number of aromatic nitrogens is 4. The van der Waals surface area contributed by atoms with Crippen LogP contribution in [0.25, 0.3) is 32.4 Å². The maximum atomic E-state index is 13.2. The largest absolute Gasteiger partial charge is 0.333 e. The normalized spacial score (nSPS) is 11.3. The van der Waals surface area contributed by atoms with Gasteiger partial charge in [0.25, 0.3) is 11.4 Å². The van der Waals surface area contributed by atoms with Crippen molar-refractivity contribution in [2.24, 2.45) is 0 Å². The molecule has 0 radical (unpaired) electrons. The van der Waals surface area contributed by atoms with Gasteiger partial charge in [-0.3, -0.25) is 9.36 Å². The number of aryl methyl sites for hydroxylation is 1. The average Bonchev–Trinajstić information content (AvgIpc) is 3.36. The molecule has 6 nitrogen and oxygen atoms in total. The van der Waals surface area contributed by atoms with Crippen LogP contribution in [-0.4, -0.2) is 19.7 Å². The second kappa shape index (κ2) is 7.92. The van der Waals surface area contributed by atoms with Crippen molar-refractivity contribution in [1.82, 2.24) is 19.7 Å². The summed E-state index contributed by atoms with van der Waals surface area (Å²) in [6.07, 6.45) is 1.55. The lowest BCUT2D eigenvalue weighted by Crippen LogP contribution is -2.21. The summed E-state index contributed by atoms with van der Waals surface area (Å²) in [5.41, 5.74) is 2.36. The maximum Gasteiger partial charge on any atom is 0.268 e. The maximum absolute atomic E-state index is 13.2. The minimum atomic E-state index is -0.123. The van der Waals surface area contributed by atoms with E-state index in [2.05, 4.69) is 15.1 Å². The van der Waals surface area contributed by atoms with Gasteiger partial charge in [-0.2, -0.15) is 4.98 Å². The van der Waals surface area contributed by atoms with Crippen LogP contribution in [0.2, 0.25) is 10.0 Å². The van der Waals surface area contributed by atoms with Gasteiger partial charge in [-0.1, -0.05) is 40.5 Å². The summed E-state index contributed by atoms with van der Waals surface area (Å²) in [6.45, 7) is 2.25. The highest BCUT2D eigenvalue weighted by Crippen LogP contribution is 2.35. The van der Waals surface area contributed by atoms with Crippen LogP contribution in [-0.2, 0) is 6.54 Å². The van der Waals surface area contributed by atoms with E-state index in [1.54, 1.807) is 29.1 Å². The molecule has 31 heavy (non-hydrogen) atoms. The standard InChI is InChI=1S/C22H14Cl2N4O2S/c1-12-17-21(25-11-28(22(17)29)10-13-3-2-4-16(24)9-13)31-18(12)20-26-19(27-30-20)14-5-7-15(23)8-6-14/h2-9,11H,10H2,1H3. The Kier molecular flexibility index (Phi) is 5.09. The highest BCUT2D eigenvalue weighted by molar-refractivity contribution is 7.22. The van der Waals surface area contributed by atoms with Gasteiger partial charge in [-0.15, -0.1) is 11.3 Å². The Labute approximate surface area is 190 Å². The predicted molar refractivity (Wildman–Crippen MR) is 123 cm³/mol. The summed E-state index contributed by atoms with van der Waals surface area (Å²) in [6, 6.07) is 14.6. The molecule has 3 aromatic heterocycles. The van der Waals surface area contributed by atoms with Gasteiger partial charge in [0.15, 0.2) is 0 Å². The van der Waals surface area contributed by atoms with E-state index in [1.165, 1.54) is 11.3 Å². The first-order chi connectivity index (χ1) is 15.0. The fourth-order valence-electron chi connectivity index (χ4n) is 3.34. The SMILES string of the molecule is Cc1c(-c2nc(-c3ccc(Cl)cc3)no2)sc2ncn(Cc3cccc(Cl)c3)c(=O)c12. The van der Waals surface area contributed by atoms with Crippen molar-refractivity contribution in [3.63, 3.8) is 0 Å². The average molecular weight is 469 g/mol. The molecule has 154 valence electrons. The molecule has 0 saturated heterocycles. The Morgan fingerprint density at radius 2 is 1.90 bits per heavy atom. The fourth-order valence-corrected chi connectivity index (χ4v) is 4.74. The number of hydrogen-bond donors (Lipinski definition) is 0. The molecule has 0 aliphatic carbocycles. The van der Waals surface area contributed by atoms with Crippen molar-refractivity contribution in [3.8, 4) is 22.2 Å². The van der Waals surface area contributed by atoms with Gasteiger partial charge in [0, 0.05) is 15.6 Å². The van der Waals surface area contributed by atoms with E-state index in [0.29, 0.717) is 38.5 Å². The third-order valence-corrected chi connectivity index (χ3v) is 6.56. The molecule has 0 amide bonds. The lowest BCUT2D eigenvalue weighted by molar-refractivity contribution is 0.433. The van der Waals surface area contributed by atoms with Gasteiger partial charge in [0.1, 0.15) is 4.83 Å². The van der Waals surface area contributed by atoms with Crippen molar-refractivity contribution in [3.05, 3.63) is 86.4 Å². The number of hydrogen-bond acceptors (Lipinski definition) is 6. The second-order valence-corrected chi connectivity index (χ2v) is 8.85. The van der Waals surface area contributed by atoms with Gasteiger partial charge in [0.05, 0.1) is 23.1 Å². The number of benzene rings is 2. The van der Waals surface area contributed by atoms with E-state index < -0.39 is 0 Å². The third kappa shape index (κ3) is 3.76. The summed E-state index contributed by atoms with van der Waals surface area (Å²) >= 11 is 13.4. The van der Waals surface area contributed by atoms with Crippen molar-refractivity contribution < 1.29 is 4.52 Å². The molecule has 2 aromatic carbocycles. The van der Waals surface area contributed by atoms with E-state index in [1.807, 2.05) is 37.3 Å². The van der Waals surface area contributed by atoms with Crippen LogP contribution in [0.3, 0.4) is 0 Å². The van der Waals surface area contributed by atoms with Gasteiger partial charge in [-0.05, 0) is 54.4 Å². The Bertz CT molecular complexity index is 1470. The molecule has 0 unspecified atom stereocenters. The molecule has 9 heteroatoms. The summed E-state index contributed by atoms with van der Waals surface area (Å²) in [5.74, 6) is 0.807. The van der Waals surface area contributed by atoms with E-state index >= 15 is 0 Å². The summed E-state index contributed by atoms with van der Waals surface area (Å²) < 4.78 is 7.06. The topological polar surface area (TPSA) is 73.8 Å². The zero-order valence-electron chi connectivity index (χ0n) is 16.2. The van der Waals surface area contributed by atoms with Crippen molar-refractivity contribution >= 4 is 44.8 Å². The molecule has 5 aromatic rings. The molecule has 0 atom stereocenters. The van der Waals surface area contributed by atoms with Gasteiger partial charge >= 0.3 is 0 Å². The molecule has 0 saturated carbocycles. The number of nitrogens with zero attached hydrogens (tertiary/aromatic N) is 4. The first-order valence-corrected chi connectivity index (χ1v) is 10.9. The van der Waals surface area contributed by atoms with Gasteiger partial charge < -0.3 is 4.52 Å². The van der Waals surface area contributed by atoms with E-state index in [0.717, 1.165) is 21.6 Å². The fraction of sp³-hybridized carbons (Fsp3) is 0.0909. The van der Waals surface area contributed by atoms with E-state index in [-0.39, 0.29) is 5.56 Å². The molecular formula is C22H14Cl2N4O2S. The summed E-state index contributed by atoms with van der Waals surface area (Å²) in [4.78, 5) is 23.5. The monoisotopic (exact) mass is 468 g/mol. The number of halogens is 2. The lowest BCUT2D eigenvalue weighted by atomic mass is 10.2. The molecule has 0 fully saturated rings. The molecular weight excluding hydrogens is 455 g/mol. The van der Waals surface area contributed by atoms with Crippen LogP contribution in [0.5, 0.6) is 0 Å². The molecule has 5 rings (SSSR count). The molecule has 3 heterocycles. The number of fused-ring (bicyclic) bond motifs is 1.